The molecule has 1 aromatic carbocycles. The number of benzene rings is 1. The summed E-state index contributed by atoms with van der Waals surface area (Å²) in [5.41, 5.74) is 0.662. The first kappa shape index (κ1) is 17.7. The van der Waals surface area contributed by atoms with Crippen LogP contribution in [0.4, 0.5) is 5.69 Å². The topological polar surface area (TPSA) is 52.6 Å². The van der Waals surface area contributed by atoms with Crippen molar-refractivity contribution in [3.05, 3.63) is 28.2 Å². The van der Waals surface area contributed by atoms with E-state index in [9.17, 15) is 8.42 Å². The predicted molar refractivity (Wildman–Crippen MR) is 95.3 cm³/mol. The average Bonchev–Trinajstić information content (AvgIpc) is 2.67. The van der Waals surface area contributed by atoms with Gasteiger partial charge in [0.15, 0.2) is 14.9 Å². The molecule has 0 spiro atoms. The van der Waals surface area contributed by atoms with Crippen molar-refractivity contribution in [1.82, 2.24) is 10.0 Å². The quantitative estimate of drug-likeness (QED) is 0.641. The highest BCUT2D eigenvalue weighted by Gasteiger charge is 2.34. The van der Waals surface area contributed by atoms with Gasteiger partial charge in [-0.15, -0.1) is 0 Å². The zero-order valence-electron chi connectivity index (χ0n) is 12.2. The summed E-state index contributed by atoms with van der Waals surface area (Å²) in [5.74, 6) is 0.289. The molecule has 0 aliphatic carbocycles. The maximum absolute atomic E-state index is 11.7. The minimum Gasteiger partial charge on any atom is -0.331 e. The molecule has 1 aromatic rings. The van der Waals surface area contributed by atoms with E-state index in [0.29, 0.717) is 27.3 Å². The van der Waals surface area contributed by atoms with Crippen molar-refractivity contribution >= 4 is 56.1 Å². The van der Waals surface area contributed by atoms with E-state index in [-0.39, 0.29) is 17.5 Å². The lowest BCUT2D eigenvalue weighted by Gasteiger charge is -2.36. The second-order valence-corrected chi connectivity index (χ2v) is 8.83. The van der Waals surface area contributed by atoms with Gasteiger partial charge in [0.25, 0.3) is 0 Å². The molecule has 1 saturated heterocycles. The van der Waals surface area contributed by atoms with Crippen LogP contribution in [0.5, 0.6) is 0 Å². The van der Waals surface area contributed by atoms with Crippen molar-refractivity contribution in [2.75, 3.05) is 30.9 Å². The summed E-state index contributed by atoms with van der Waals surface area (Å²) in [6.45, 7) is 0. The molecule has 22 heavy (non-hydrogen) atoms. The van der Waals surface area contributed by atoms with E-state index in [1.807, 2.05) is 14.1 Å². The number of anilines is 1. The number of halogens is 2. The van der Waals surface area contributed by atoms with Crippen LogP contribution in [0.1, 0.15) is 6.42 Å². The Labute approximate surface area is 146 Å². The first-order valence-corrected chi connectivity index (χ1v) is 9.60. The van der Waals surface area contributed by atoms with Crippen LogP contribution < -0.4 is 5.32 Å². The monoisotopic (exact) mass is 381 g/mol. The third-order valence-electron chi connectivity index (χ3n) is 3.31. The fourth-order valence-corrected chi connectivity index (χ4v) is 5.10. The van der Waals surface area contributed by atoms with Gasteiger partial charge in [-0.05, 0) is 36.8 Å². The summed E-state index contributed by atoms with van der Waals surface area (Å²) >= 11 is 17.4. The third-order valence-corrected chi connectivity index (χ3v) is 5.78. The molecule has 0 amide bonds. The van der Waals surface area contributed by atoms with Gasteiger partial charge < -0.3 is 5.32 Å². The molecule has 0 saturated carbocycles. The Hall–Kier alpha value is -0.600. The molecule has 0 unspecified atom stereocenters. The van der Waals surface area contributed by atoms with Crippen molar-refractivity contribution in [3.63, 3.8) is 0 Å². The molecular weight excluding hydrogens is 365 g/mol. The molecule has 1 N–H and O–H groups in total. The van der Waals surface area contributed by atoms with E-state index in [1.54, 1.807) is 28.2 Å². The maximum Gasteiger partial charge on any atom is 0.188 e. The molecule has 2 rings (SSSR count). The summed E-state index contributed by atoms with van der Waals surface area (Å²) in [4.78, 5) is 0. The first-order valence-electron chi connectivity index (χ1n) is 6.62. The van der Waals surface area contributed by atoms with E-state index < -0.39 is 9.84 Å². The van der Waals surface area contributed by atoms with Gasteiger partial charge in [0, 0.05) is 29.8 Å². The molecule has 9 heteroatoms. The number of rotatable bonds is 3. The highest BCUT2D eigenvalue weighted by atomic mass is 35.5. The molecule has 1 fully saturated rings. The zero-order valence-corrected chi connectivity index (χ0v) is 15.4. The van der Waals surface area contributed by atoms with Gasteiger partial charge in [0.05, 0.1) is 17.5 Å². The normalized spacial score (nSPS) is 20.1. The molecule has 1 heterocycles. The van der Waals surface area contributed by atoms with Gasteiger partial charge in [-0.2, -0.15) is 0 Å². The molecule has 5 nitrogen and oxygen atoms in total. The standard InChI is InChI=1S/C13H17Cl2N3O2S2/c1-17(2)18(12-3-4-22(19,20)8-12)13(21)16-11-6-9(14)5-10(15)7-11/h5-7,12H,3-4,8H2,1-2H3,(H,16,21)/t12-/m0/s1. The lowest BCUT2D eigenvalue weighted by Crippen LogP contribution is -2.51. The summed E-state index contributed by atoms with van der Waals surface area (Å²) < 4.78 is 23.4. The fourth-order valence-electron chi connectivity index (χ4n) is 2.45. The van der Waals surface area contributed by atoms with E-state index in [4.69, 9.17) is 35.4 Å². The Kier molecular flexibility index (Phi) is 5.55. The van der Waals surface area contributed by atoms with Gasteiger partial charge in [-0.3, -0.25) is 5.01 Å². The van der Waals surface area contributed by atoms with Crippen molar-refractivity contribution < 1.29 is 8.42 Å². The number of nitrogens with zero attached hydrogens (tertiary/aromatic N) is 2. The van der Waals surface area contributed by atoms with Gasteiger partial charge in [0.1, 0.15) is 0 Å². The van der Waals surface area contributed by atoms with Gasteiger partial charge in [-0.25, -0.2) is 13.4 Å². The Bertz CT molecular complexity index is 660. The Morgan fingerprint density at radius 3 is 2.32 bits per heavy atom. The molecule has 1 atom stereocenters. The van der Waals surface area contributed by atoms with Crippen LogP contribution in [0.3, 0.4) is 0 Å². The second kappa shape index (κ2) is 6.88. The van der Waals surface area contributed by atoms with Crippen LogP contribution in [0.25, 0.3) is 0 Å². The first-order chi connectivity index (χ1) is 10.2. The van der Waals surface area contributed by atoms with E-state index in [1.165, 1.54) is 0 Å². The number of sulfone groups is 1. The van der Waals surface area contributed by atoms with E-state index in [2.05, 4.69) is 5.32 Å². The van der Waals surface area contributed by atoms with Gasteiger partial charge >= 0.3 is 0 Å². The summed E-state index contributed by atoms with van der Waals surface area (Å²) in [6.07, 6.45) is 0.554. The highest BCUT2D eigenvalue weighted by Crippen LogP contribution is 2.24. The second-order valence-electron chi connectivity index (χ2n) is 5.34. The van der Waals surface area contributed by atoms with Crippen LogP contribution in [-0.4, -0.2) is 55.2 Å². The Balaban J connectivity index is 2.17. The average molecular weight is 382 g/mol. The minimum atomic E-state index is -2.99. The summed E-state index contributed by atoms with van der Waals surface area (Å²) in [7, 11) is 0.655. The SMILES string of the molecule is CN(C)N(C(=S)Nc1cc(Cl)cc(Cl)c1)[C@H]1CCS(=O)(=O)C1. The Morgan fingerprint density at radius 2 is 1.86 bits per heavy atom. The number of thiocarbonyl (C=S) groups is 1. The minimum absolute atomic E-state index is 0.100. The lowest BCUT2D eigenvalue weighted by molar-refractivity contribution is 0.0757. The summed E-state index contributed by atoms with van der Waals surface area (Å²) in [5, 5.41) is 8.02. The van der Waals surface area contributed by atoms with E-state index >= 15 is 0 Å². The largest absolute Gasteiger partial charge is 0.331 e. The number of hydrogen-bond donors (Lipinski definition) is 1. The van der Waals surface area contributed by atoms with Crippen LogP contribution in [-0.2, 0) is 9.84 Å². The molecular formula is C13H17Cl2N3O2S2. The van der Waals surface area contributed by atoms with Crippen LogP contribution in [0.2, 0.25) is 10.0 Å². The number of nitrogens with one attached hydrogen (secondary N) is 1. The number of hydrazine groups is 1. The van der Waals surface area contributed by atoms with E-state index in [0.717, 1.165) is 0 Å². The highest BCUT2D eigenvalue weighted by molar-refractivity contribution is 7.91. The molecule has 1 aliphatic rings. The van der Waals surface area contributed by atoms with Crippen molar-refractivity contribution in [2.24, 2.45) is 0 Å². The zero-order chi connectivity index (χ0) is 16.5. The Morgan fingerprint density at radius 1 is 1.27 bits per heavy atom. The lowest BCUT2D eigenvalue weighted by atomic mass is 10.2. The predicted octanol–water partition coefficient (Wildman–Crippen LogP) is 2.66. The van der Waals surface area contributed by atoms with Gasteiger partial charge in [-0.1, -0.05) is 23.2 Å². The van der Waals surface area contributed by atoms with Crippen LogP contribution in [0, 0.1) is 0 Å². The number of hydrogen-bond acceptors (Lipinski definition) is 4. The third kappa shape index (κ3) is 4.45. The smallest absolute Gasteiger partial charge is 0.188 e. The molecule has 122 valence electrons. The van der Waals surface area contributed by atoms with Crippen molar-refractivity contribution in [3.8, 4) is 0 Å². The van der Waals surface area contributed by atoms with Crippen molar-refractivity contribution in [1.29, 1.82) is 0 Å². The molecule has 0 bridgehead atoms. The maximum atomic E-state index is 11.7. The molecule has 0 aromatic heterocycles. The fraction of sp³-hybridized carbons (Fsp3) is 0.462. The molecule has 0 radical (unpaired) electrons. The van der Waals surface area contributed by atoms with Crippen LogP contribution in [0.15, 0.2) is 18.2 Å². The van der Waals surface area contributed by atoms with Crippen molar-refractivity contribution in [2.45, 2.75) is 12.5 Å². The summed E-state index contributed by atoms with van der Waals surface area (Å²) in [6, 6.07) is 4.87. The van der Waals surface area contributed by atoms with Crippen LogP contribution >= 0.6 is 35.4 Å². The molecule has 1 aliphatic heterocycles. The van der Waals surface area contributed by atoms with Gasteiger partial charge in [0.2, 0.25) is 0 Å².